The van der Waals surface area contributed by atoms with Crippen molar-refractivity contribution in [2.75, 3.05) is 6.54 Å². The van der Waals surface area contributed by atoms with E-state index in [2.05, 4.69) is 19.2 Å². The maximum absolute atomic E-state index is 5.48. The fraction of sp³-hybridized carbons (Fsp3) is 0.636. The van der Waals surface area contributed by atoms with E-state index in [1.807, 2.05) is 6.07 Å². The van der Waals surface area contributed by atoms with Gasteiger partial charge < -0.3 is 15.5 Å². The van der Waals surface area contributed by atoms with Gasteiger partial charge in [0.25, 0.3) is 0 Å². The van der Waals surface area contributed by atoms with E-state index in [0.29, 0.717) is 6.04 Å². The Hall–Kier alpha value is -0.800. The lowest BCUT2D eigenvalue weighted by Gasteiger charge is -2.11. The summed E-state index contributed by atoms with van der Waals surface area (Å²) in [7, 11) is 0. The van der Waals surface area contributed by atoms with Crippen LogP contribution in [0.2, 0.25) is 0 Å². The Balaban J connectivity index is 2.37. The Labute approximate surface area is 85.7 Å². The highest BCUT2D eigenvalue weighted by atomic mass is 16.3. The van der Waals surface area contributed by atoms with Crippen LogP contribution < -0.4 is 11.1 Å². The van der Waals surface area contributed by atoms with Crippen molar-refractivity contribution in [2.24, 2.45) is 5.73 Å². The molecule has 0 saturated carbocycles. The maximum Gasteiger partial charge on any atom is 0.107 e. The molecule has 0 spiro atoms. The first-order chi connectivity index (χ1) is 6.77. The molecule has 3 heteroatoms. The second kappa shape index (κ2) is 5.83. The monoisotopic (exact) mass is 196 g/mol. The normalized spacial score (nSPS) is 13.1. The molecule has 1 atom stereocenters. The topological polar surface area (TPSA) is 51.2 Å². The third-order valence-corrected chi connectivity index (χ3v) is 2.40. The number of furan rings is 1. The van der Waals surface area contributed by atoms with Gasteiger partial charge in [0.05, 0.1) is 6.26 Å². The lowest BCUT2D eigenvalue weighted by molar-refractivity contribution is 0.491. The molecule has 1 aromatic heterocycles. The summed E-state index contributed by atoms with van der Waals surface area (Å²) in [5, 5.41) is 3.42. The summed E-state index contributed by atoms with van der Waals surface area (Å²) in [4.78, 5) is 0. The molecule has 1 unspecified atom stereocenters. The summed E-state index contributed by atoms with van der Waals surface area (Å²) < 4.78 is 5.34. The van der Waals surface area contributed by atoms with E-state index >= 15 is 0 Å². The van der Waals surface area contributed by atoms with Gasteiger partial charge in [-0.25, -0.2) is 0 Å². The largest absolute Gasteiger partial charge is 0.469 e. The molecular weight excluding hydrogens is 176 g/mol. The lowest BCUT2D eigenvalue weighted by atomic mass is 10.2. The molecule has 1 rings (SSSR count). The Morgan fingerprint density at radius 1 is 1.57 bits per heavy atom. The molecule has 1 aromatic rings. The Morgan fingerprint density at radius 2 is 2.36 bits per heavy atom. The Kier molecular flexibility index (Phi) is 4.70. The highest BCUT2D eigenvalue weighted by molar-refractivity contribution is 5.16. The third kappa shape index (κ3) is 3.16. The van der Waals surface area contributed by atoms with Gasteiger partial charge in [-0.2, -0.15) is 0 Å². The predicted octanol–water partition coefficient (Wildman–Crippen LogP) is 1.67. The molecule has 3 N–H and O–H groups in total. The van der Waals surface area contributed by atoms with E-state index in [1.54, 1.807) is 6.26 Å². The molecule has 80 valence electrons. The van der Waals surface area contributed by atoms with Crippen molar-refractivity contribution in [3.05, 3.63) is 23.7 Å². The van der Waals surface area contributed by atoms with Gasteiger partial charge in [-0.05, 0) is 26.0 Å². The zero-order valence-electron chi connectivity index (χ0n) is 9.05. The van der Waals surface area contributed by atoms with Crippen molar-refractivity contribution in [3.8, 4) is 0 Å². The first-order valence-electron chi connectivity index (χ1n) is 5.26. The molecule has 0 aliphatic carbocycles. The van der Waals surface area contributed by atoms with Crippen LogP contribution in [0.4, 0.5) is 0 Å². The molecule has 0 bridgehead atoms. The van der Waals surface area contributed by atoms with Crippen LogP contribution in [0.3, 0.4) is 0 Å². The van der Waals surface area contributed by atoms with Crippen LogP contribution in [0, 0.1) is 0 Å². The number of nitrogens with two attached hydrogens (primary N) is 1. The lowest BCUT2D eigenvalue weighted by Crippen LogP contribution is -2.27. The molecule has 0 aliphatic rings. The third-order valence-electron chi connectivity index (χ3n) is 2.40. The quantitative estimate of drug-likeness (QED) is 0.727. The fourth-order valence-electron chi connectivity index (χ4n) is 1.47. The number of nitrogens with one attached hydrogen (secondary N) is 1. The van der Waals surface area contributed by atoms with Crippen LogP contribution in [0.15, 0.2) is 16.7 Å². The van der Waals surface area contributed by atoms with Gasteiger partial charge in [-0.15, -0.1) is 0 Å². The summed E-state index contributed by atoms with van der Waals surface area (Å²) >= 11 is 0. The van der Waals surface area contributed by atoms with Crippen LogP contribution in [-0.4, -0.2) is 12.6 Å². The molecule has 0 radical (unpaired) electrons. The Morgan fingerprint density at radius 3 is 3.00 bits per heavy atom. The zero-order chi connectivity index (χ0) is 10.4. The molecule has 0 fully saturated rings. The molecule has 3 nitrogen and oxygen atoms in total. The Bertz CT molecular complexity index is 258. The summed E-state index contributed by atoms with van der Waals surface area (Å²) in [6.07, 6.45) is 3.72. The number of hydrogen-bond donors (Lipinski definition) is 2. The van der Waals surface area contributed by atoms with E-state index < -0.39 is 0 Å². The molecule has 0 aliphatic heterocycles. The van der Waals surface area contributed by atoms with E-state index in [0.717, 1.165) is 31.7 Å². The van der Waals surface area contributed by atoms with Crippen molar-refractivity contribution in [1.82, 2.24) is 5.32 Å². The van der Waals surface area contributed by atoms with Crippen molar-refractivity contribution >= 4 is 0 Å². The van der Waals surface area contributed by atoms with E-state index in [9.17, 15) is 0 Å². The predicted molar refractivity (Wildman–Crippen MR) is 58.1 cm³/mol. The zero-order valence-corrected chi connectivity index (χ0v) is 9.05. The molecule has 14 heavy (non-hydrogen) atoms. The van der Waals surface area contributed by atoms with Gasteiger partial charge in [0.1, 0.15) is 5.76 Å². The van der Waals surface area contributed by atoms with E-state index in [4.69, 9.17) is 10.2 Å². The van der Waals surface area contributed by atoms with Crippen LogP contribution in [0.5, 0.6) is 0 Å². The van der Waals surface area contributed by atoms with Gasteiger partial charge in [-0.1, -0.05) is 6.92 Å². The van der Waals surface area contributed by atoms with Crippen molar-refractivity contribution < 1.29 is 4.42 Å². The minimum Gasteiger partial charge on any atom is -0.469 e. The summed E-state index contributed by atoms with van der Waals surface area (Å²) in [6.45, 7) is 5.87. The SMILES string of the molecule is CCc1occc1CNC(C)CCN. The summed E-state index contributed by atoms with van der Waals surface area (Å²) in [6, 6.07) is 2.50. The number of hydrogen-bond acceptors (Lipinski definition) is 3. The van der Waals surface area contributed by atoms with Gasteiger partial charge in [0.15, 0.2) is 0 Å². The first kappa shape index (κ1) is 11.3. The van der Waals surface area contributed by atoms with Crippen LogP contribution in [0.25, 0.3) is 0 Å². The smallest absolute Gasteiger partial charge is 0.107 e. The second-order valence-electron chi connectivity index (χ2n) is 3.58. The van der Waals surface area contributed by atoms with Gasteiger partial charge in [-0.3, -0.25) is 0 Å². The average Bonchev–Trinajstić information content (AvgIpc) is 2.62. The van der Waals surface area contributed by atoms with Crippen LogP contribution in [0.1, 0.15) is 31.6 Å². The van der Waals surface area contributed by atoms with Crippen molar-refractivity contribution in [2.45, 2.75) is 39.3 Å². The van der Waals surface area contributed by atoms with Crippen molar-refractivity contribution in [3.63, 3.8) is 0 Å². The maximum atomic E-state index is 5.48. The number of rotatable bonds is 6. The van der Waals surface area contributed by atoms with Crippen LogP contribution >= 0.6 is 0 Å². The molecule has 1 heterocycles. The van der Waals surface area contributed by atoms with Gasteiger partial charge in [0.2, 0.25) is 0 Å². The first-order valence-corrected chi connectivity index (χ1v) is 5.26. The average molecular weight is 196 g/mol. The summed E-state index contributed by atoms with van der Waals surface area (Å²) in [5.74, 6) is 1.08. The minimum atomic E-state index is 0.472. The fourth-order valence-corrected chi connectivity index (χ4v) is 1.47. The molecular formula is C11H20N2O. The standard InChI is InChI=1S/C11H20N2O/c1-3-11-10(5-7-14-11)8-13-9(2)4-6-12/h5,7,9,13H,3-4,6,8,12H2,1-2H3. The molecule has 0 amide bonds. The molecule has 0 aromatic carbocycles. The van der Waals surface area contributed by atoms with E-state index in [1.165, 1.54) is 5.56 Å². The second-order valence-corrected chi connectivity index (χ2v) is 3.58. The van der Waals surface area contributed by atoms with Gasteiger partial charge in [0, 0.05) is 24.6 Å². The van der Waals surface area contributed by atoms with Crippen molar-refractivity contribution in [1.29, 1.82) is 0 Å². The number of aryl methyl sites for hydroxylation is 1. The van der Waals surface area contributed by atoms with Crippen LogP contribution in [-0.2, 0) is 13.0 Å². The molecule has 0 saturated heterocycles. The van der Waals surface area contributed by atoms with E-state index in [-0.39, 0.29) is 0 Å². The summed E-state index contributed by atoms with van der Waals surface area (Å²) in [5.41, 5.74) is 6.74. The highest BCUT2D eigenvalue weighted by Crippen LogP contribution is 2.10. The minimum absolute atomic E-state index is 0.472. The van der Waals surface area contributed by atoms with Gasteiger partial charge >= 0.3 is 0 Å². The highest BCUT2D eigenvalue weighted by Gasteiger charge is 2.05.